The van der Waals surface area contributed by atoms with Crippen LogP contribution in [0.3, 0.4) is 0 Å². The van der Waals surface area contributed by atoms with E-state index < -0.39 is 28.5 Å². The van der Waals surface area contributed by atoms with E-state index in [0.29, 0.717) is 5.02 Å². The summed E-state index contributed by atoms with van der Waals surface area (Å²) >= 11 is 6.32. The molecule has 0 heterocycles. The van der Waals surface area contributed by atoms with E-state index in [4.69, 9.17) is 11.6 Å². The Bertz CT molecular complexity index is 1740. The normalized spacial score (nSPS) is 14.1. The molecule has 1 aliphatic rings. The van der Waals surface area contributed by atoms with Gasteiger partial charge in [0.05, 0.1) is 10.6 Å². The van der Waals surface area contributed by atoms with Crippen molar-refractivity contribution in [2.75, 3.05) is 10.8 Å². The van der Waals surface area contributed by atoms with Crippen molar-refractivity contribution in [2.45, 2.75) is 69.5 Å². The Morgan fingerprint density at radius 3 is 2.09 bits per heavy atom. The van der Waals surface area contributed by atoms with Crippen molar-refractivity contribution in [1.82, 2.24) is 10.2 Å². The van der Waals surface area contributed by atoms with Crippen molar-refractivity contribution in [2.24, 2.45) is 0 Å². The molecule has 4 aromatic rings. The number of hydrogen-bond donors (Lipinski definition) is 1. The van der Waals surface area contributed by atoms with Gasteiger partial charge in [-0.05, 0) is 68.1 Å². The molecule has 2 amide bonds. The van der Waals surface area contributed by atoms with E-state index in [9.17, 15) is 18.0 Å². The Labute approximate surface area is 277 Å². The fourth-order valence-corrected chi connectivity index (χ4v) is 7.40. The third kappa shape index (κ3) is 8.36. The largest absolute Gasteiger partial charge is 0.352 e. The smallest absolute Gasteiger partial charge is 0.264 e. The highest BCUT2D eigenvalue weighted by atomic mass is 35.5. The van der Waals surface area contributed by atoms with E-state index in [2.05, 4.69) is 5.32 Å². The summed E-state index contributed by atoms with van der Waals surface area (Å²) in [7, 11) is -4.19. The predicted molar refractivity (Wildman–Crippen MR) is 183 cm³/mol. The van der Waals surface area contributed by atoms with E-state index in [1.165, 1.54) is 23.1 Å². The number of carbonyl (C=O) groups is 2. The van der Waals surface area contributed by atoms with Crippen LogP contribution in [0.2, 0.25) is 5.02 Å². The molecule has 1 N–H and O–H groups in total. The maximum atomic E-state index is 14.6. The summed E-state index contributed by atoms with van der Waals surface area (Å²) in [4.78, 5) is 30.3. The molecule has 9 heteroatoms. The molecule has 1 aliphatic carbocycles. The lowest BCUT2D eigenvalue weighted by atomic mass is 10.0. The molecule has 1 atom stereocenters. The molecule has 0 aliphatic heterocycles. The zero-order chi connectivity index (χ0) is 32.7. The van der Waals surface area contributed by atoms with Gasteiger partial charge >= 0.3 is 0 Å². The van der Waals surface area contributed by atoms with Gasteiger partial charge in [0.2, 0.25) is 11.8 Å². The quantitative estimate of drug-likeness (QED) is 0.181. The second kappa shape index (κ2) is 15.0. The molecule has 46 heavy (non-hydrogen) atoms. The van der Waals surface area contributed by atoms with Crippen LogP contribution in [0.5, 0.6) is 0 Å². The second-order valence-electron chi connectivity index (χ2n) is 12.0. The zero-order valence-corrected chi connectivity index (χ0v) is 27.8. The van der Waals surface area contributed by atoms with E-state index in [0.717, 1.165) is 52.2 Å². The number of carbonyl (C=O) groups excluding carboxylic acids is 2. The molecule has 240 valence electrons. The summed E-state index contributed by atoms with van der Waals surface area (Å²) in [6.07, 6.45) is 4.16. The van der Waals surface area contributed by atoms with Gasteiger partial charge in [-0.15, -0.1) is 0 Å². The Morgan fingerprint density at radius 2 is 1.46 bits per heavy atom. The number of anilines is 1. The van der Waals surface area contributed by atoms with Crippen molar-refractivity contribution in [3.05, 3.63) is 130 Å². The van der Waals surface area contributed by atoms with Crippen LogP contribution in [-0.4, -0.2) is 43.8 Å². The second-order valence-corrected chi connectivity index (χ2v) is 14.3. The number of hydrogen-bond acceptors (Lipinski definition) is 4. The average molecular weight is 658 g/mol. The van der Waals surface area contributed by atoms with Gasteiger partial charge in [0.15, 0.2) is 0 Å². The summed E-state index contributed by atoms with van der Waals surface area (Å²) in [6.45, 7) is 3.47. The Hall–Kier alpha value is -4.14. The van der Waals surface area contributed by atoms with Crippen molar-refractivity contribution >= 4 is 39.1 Å². The lowest BCUT2D eigenvalue weighted by molar-refractivity contribution is -0.140. The van der Waals surface area contributed by atoms with Gasteiger partial charge in [-0.25, -0.2) is 8.42 Å². The number of sulfonamides is 1. The Balaban J connectivity index is 1.56. The van der Waals surface area contributed by atoms with E-state index in [1.54, 1.807) is 30.3 Å². The number of nitrogens with zero attached hydrogens (tertiary/aromatic N) is 2. The number of rotatable bonds is 12. The van der Waals surface area contributed by atoms with Gasteiger partial charge in [0, 0.05) is 24.0 Å². The fourth-order valence-electron chi connectivity index (χ4n) is 5.81. The first-order chi connectivity index (χ1) is 22.1. The Morgan fingerprint density at radius 1 is 0.826 bits per heavy atom. The highest BCUT2D eigenvalue weighted by molar-refractivity contribution is 7.92. The van der Waals surface area contributed by atoms with Crippen LogP contribution in [0, 0.1) is 13.8 Å². The molecule has 0 aromatic heterocycles. The van der Waals surface area contributed by atoms with Crippen LogP contribution in [0.15, 0.2) is 108 Å². The molecule has 1 saturated carbocycles. The van der Waals surface area contributed by atoms with Crippen LogP contribution in [0.1, 0.15) is 47.9 Å². The first-order valence-corrected chi connectivity index (χ1v) is 17.5. The highest BCUT2D eigenvalue weighted by Crippen LogP contribution is 2.28. The van der Waals surface area contributed by atoms with Crippen LogP contribution < -0.4 is 9.62 Å². The van der Waals surface area contributed by atoms with Crippen LogP contribution in [0.4, 0.5) is 5.69 Å². The molecule has 0 unspecified atom stereocenters. The number of halogens is 1. The zero-order valence-electron chi connectivity index (χ0n) is 26.2. The van der Waals surface area contributed by atoms with Crippen LogP contribution >= 0.6 is 11.6 Å². The molecule has 0 spiro atoms. The summed E-state index contributed by atoms with van der Waals surface area (Å²) in [5, 5.41) is 3.54. The predicted octanol–water partition coefficient (Wildman–Crippen LogP) is 6.85. The molecular formula is C37H40ClN3O4S. The van der Waals surface area contributed by atoms with Crippen molar-refractivity contribution in [3.8, 4) is 0 Å². The number of amides is 2. The highest BCUT2D eigenvalue weighted by Gasteiger charge is 2.35. The summed E-state index contributed by atoms with van der Waals surface area (Å²) in [6, 6.07) is 29.5. The van der Waals surface area contributed by atoms with Crippen molar-refractivity contribution < 1.29 is 18.0 Å². The fraction of sp³-hybridized carbons (Fsp3) is 0.297. The molecule has 7 nitrogen and oxygen atoms in total. The topological polar surface area (TPSA) is 86.8 Å². The Kier molecular flexibility index (Phi) is 10.8. The first kappa shape index (κ1) is 33.2. The molecule has 0 radical (unpaired) electrons. The van der Waals surface area contributed by atoms with Gasteiger partial charge in [0.1, 0.15) is 12.6 Å². The lowest BCUT2D eigenvalue weighted by Gasteiger charge is -2.34. The van der Waals surface area contributed by atoms with Gasteiger partial charge in [-0.1, -0.05) is 108 Å². The maximum Gasteiger partial charge on any atom is 0.264 e. The molecule has 0 saturated heterocycles. The third-order valence-electron chi connectivity index (χ3n) is 8.43. The van der Waals surface area contributed by atoms with Gasteiger partial charge < -0.3 is 10.2 Å². The minimum absolute atomic E-state index is 0.0481. The lowest BCUT2D eigenvalue weighted by Crippen LogP contribution is -2.54. The van der Waals surface area contributed by atoms with Gasteiger partial charge in [-0.3, -0.25) is 13.9 Å². The van der Waals surface area contributed by atoms with Crippen molar-refractivity contribution in [3.63, 3.8) is 0 Å². The van der Waals surface area contributed by atoms with Crippen LogP contribution in [0.25, 0.3) is 0 Å². The average Bonchev–Trinajstić information content (AvgIpc) is 3.56. The van der Waals surface area contributed by atoms with E-state index in [1.807, 2.05) is 68.4 Å². The monoisotopic (exact) mass is 657 g/mol. The molecule has 4 aromatic carbocycles. The van der Waals surface area contributed by atoms with E-state index >= 15 is 0 Å². The summed E-state index contributed by atoms with van der Waals surface area (Å²) in [5.74, 6) is -0.745. The standard InChI is InChI=1S/C37H40ClN3O4S/c1-27-15-19-30(20-16-27)25-40(35(23-29-9-4-3-5-10-29)37(43)39-32-12-6-7-13-32)36(42)26-41(33-14-8-11-31(38)24-33)46(44,45)34-21-17-28(2)18-22-34/h3-5,8-11,14-22,24,32,35H,6-7,12-13,23,25-26H2,1-2H3,(H,39,43)/t35-/m0/s1. The van der Waals surface area contributed by atoms with Gasteiger partial charge in [-0.2, -0.15) is 0 Å². The molecule has 0 bridgehead atoms. The number of nitrogens with one attached hydrogen (secondary N) is 1. The molecule has 1 fully saturated rings. The van der Waals surface area contributed by atoms with Gasteiger partial charge in [0.25, 0.3) is 10.0 Å². The van der Waals surface area contributed by atoms with E-state index in [-0.39, 0.29) is 35.5 Å². The molecule has 5 rings (SSSR count). The SMILES string of the molecule is Cc1ccc(CN(C(=O)CN(c2cccc(Cl)c2)S(=O)(=O)c2ccc(C)cc2)[C@@H](Cc2ccccc2)C(=O)NC2CCCC2)cc1. The molecular weight excluding hydrogens is 618 g/mol. The van der Waals surface area contributed by atoms with Crippen molar-refractivity contribution in [1.29, 1.82) is 0 Å². The minimum Gasteiger partial charge on any atom is -0.352 e. The van der Waals surface area contributed by atoms with Crippen LogP contribution in [-0.2, 0) is 32.6 Å². The minimum atomic E-state index is -4.19. The third-order valence-corrected chi connectivity index (χ3v) is 10.5. The first-order valence-electron chi connectivity index (χ1n) is 15.6. The summed E-state index contributed by atoms with van der Waals surface area (Å²) < 4.78 is 29.4. The number of aryl methyl sites for hydroxylation is 2. The summed E-state index contributed by atoms with van der Waals surface area (Å²) in [5.41, 5.74) is 3.96. The number of benzene rings is 4. The maximum absolute atomic E-state index is 14.6.